The number of aryl methyl sites for hydroxylation is 1. The number of amides is 2. The molecule has 2 heterocycles. The van der Waals surface area contributed by atoms with E-state index < -0.39 is 60.0 Å². The summed E-state index contributed by atoms with van der Waals surface area (Å²) in [5.41, 5.74) is -4.63. The predicted molar refractivity (Wildman–Crippen MR) is 163 cm³/mol. The van der Waals surface area contributed by atoms with E-state index in [0.29, 0.717) is 16.0 Å². The van der Waals surface area contributed by atoms with E-state index >= 15 is 0 Å². The molecule has 0 radical (unpaired) electrons. The SMILES string of the molecule is C=CCCC(OCc1ccccc1)(c1nnc(-c2nc(Br)c(C)cc2N(C(=O)OC(C)(C)C)C(=O)OC(C)(C)C)o1)C(F)(F)F. The van der Waals surface area contributed by atoms with Gasteiger partial charge in [0.05, 0.1) is 12.3 Å². The van der Waals surface area contributed by atoms with Crippen LogP contribution in [-0.2, 0) is 26.4 Å². The molecular formula is C31H36BrF3N4O6. The third kappa shape index (κ3) is 8.91. The number of allylic oxidation sites excluding steroid dienone is 1. The van der Waals surface area contributed by atoms with E-state index in [1.165, 1.54) is 12.1 Å². The molecule has 10 nitrogen and oxygen atoms in total. The lowest BCUT2D eigenvalue weighted by molar-refractivity contribution is -0.299. The quantitative estimate of drug-likeness (QED) is 0.160. The number of hydrogen-bond acceptors (Lipinski definition) is 9. The summed E-state index contributed by atoms with van der Waals surface area (Å²) in [5, 5.41) is 7.63. The monoisotopic (exact) mass is 696 g/mol. The second-order valence-corrected chi connectivity index (χ2v) is 12.8. The molecule has 0 saturated heterocycles. The predicted octanol–water partition coefficient (Wildman–Crippen LogP) is 8.82. The maximum absolute atomic E-state index is 14.9. The Bertz CT molecular complexity index is 1490. The van der Waals surface area contributed by atoms with Gasteiger partial charge in [0.15, 0.2) is 5.69 Å². The Morgan fingerprint density at radius 1 is 1.00 bits per heavy atom. The fraction of sp³-hybridized carbons (Fsp3) is 0.452. The highest BCUT2D eigenvalue weighted by molar-refractivity contribution is 9.10. The van der Waals surface area contributed by atoms with Gasteiger partial charge in [0.2, 0.25) is 5.60 Å². The molecule has 0 bridgehead atoms. The summed E-state index contributed by atoms with van der Waals surface area (Å²) in [7, 11) is 0. The van der Waals surface area contributed by atoms with Crippen LogP contribution in [0.2, 0.25) is 0 Å². The number of hydrogen-bond donors (Lipinski definition) is 0. The highest BCUT2D eigenvalue weighted by atomic mass is 79.9. The van der Waals surface area contributed by atoms with Gasteiger partial charge in [0, 0.05) is 0 Å². The minimum absolute atomic E-state index is 0.101. The van der Waals surface area contributed by atoms with Gasteiger partial charge in [-0.1, -0.05) is 36.4 Å². The molecule has 3 aromatic rings. The van der Waals surface area contributed by atoms with E-state index in [0.717, 1.165) is 0 Å². The molecule has 2 aromatic heterocycles. The normalized spacial score (nSPS) is 13.6. The Morgan fingerprint density at radius 3 is 2.09 bits per heavy atom. The van der Waals surface area contributed by atoms with Crippen molar-refractivity contribution in [2.45, 2.75) is 90.9 Å². The Labute approximate surface area is 268 Å². The fourth-order valence-electron chi connectivity index (χ4n) is 3.94. The maximum Gasteiger partial charge on any atom is 0.426 e. The van der Waals surface area contributed by atoms with Crippen LogP contribution in [-0.4, -0.2) is 44.7 Å². The van der Waals surface area contributed by atoms with Crippen molar-refractivity contribution in [2.24, 2.45) is 0 Å². The van der Waals surface area contributed by atoms with Crippen molar-refractivity contribution >= 4 is 33.8 Å². The number of rotatable bonds is 9. The summed E-state index contributed by atoms with van der Waals surface area (Å²) in [6.45, 7) is 14.4. The molecule has 0 saturated carbocycles. The van der Waals surface area contributed by atoms with E-state index in [4.69, 9.17) is 18.6 Å². The van der Waals surface area contributed by atoms with Crippen molar-refractivity contribution in [2.75, 3.05) is 4.90 Å². The van der Waals surface area contributed by atoms with Crippen molar-refractivity contribution in [3.63, 3.8) is 0 Å². The molecule has 0 aliphatic heterocycles. The zero-order valence-corrected chi connectivity index (χ0v) is 27.7. The summed E-state index contributed by atoms with van der Waals surface area (Å²) in [6.07, 6.45) is -6.64. The van der Waals surface area contributed by atoms with E-state index in [-0.39, 0.29) is 22.4 Å². The zero-order chi connectivity index (χ0) is 33.8. The van der Waals surface area contributed by atoms with Crippen molar-refractivity contribution in [3.8, 4) is 11.6 Å². The van der Waals surface area contributed by atoms with Crippen molar-refractivity contribution in [1.29, 1.82) is 0 Å². The minimum atomic E-state index is -5.00. The van der Waals surface area contributed by atoms with Crippen LogP contribution in [0.4, 0.5) is 28.4 Å². The Kier molecular flexibility index (Phi) is 10.9. The van der Waals surface area contributed by atoms with E-state index in [1.54, 1.807) is 78.8 Å². The van der Waals surface area contributed by atoms with Crippen molar-refractivity contribution in [3.05, 3.63) is 70.7 Å². The van der Waals surface area contributed by atoms with Gasteiger partial charge in [-0.2, -0.15) is 18.1 Å². The molecule has 0 aliphatic carbocycles. The van der Waals surface area contributed by atoms with Gasteiger partial charge < -0.3 is 18.6 Å². The summed E-state index contributed by atoms with van der Waals surface area (Å²) in [5.74, 6) is -1.42. The molecule has 3 rings (SSSR count). The van der Waals surface area contributed by atoms with Crippen LogP contribution in [0.15, 0.2) is 58.1 Å². The summed E-state index contributed by atoms with van der Waals surface area (Å²) in [4.78, 5) is 31.8. The number of anilines is 1. The lowest BCUT2D eigenvalue weighted by Gasteiger charge is -2.32. The van der Waals surface area contributed by atoms with E-state index in [2.05, 4.69) is 37.7 Å². The number of aromatic nitrogens is 3. The number of benzene rings is 1. The average molecular weight is 698 g/mol. The second kappa shape index (κ2) is 13.7. The van der Waals surface area contributed by atoms with Crippen LogP contribution in [0.3, 0.4) is 0 Å². The molecule has 1 aromatic carbocycles. The number of imide groups is 1. The molecule has 0 spiro atoms. The molecule has 14 heteroatoms. The Morgan fingerprint density at radius 2 is 1.58 bits per heavy atom. The number of carbonyl (C=O) groups is 2. The summed E-state index contributed by atoms with van der Waals surface area (Å²) < 4.78 is 67.2. The number of pyridine rings is 1. The van der Waals surface area contributed by atoms with Crippen molar-refractivity contribution < 1.29 is 41.4 Å². The highest BCUT2D eigenvalue weighted by Gasteiger charge is 2.61. The number of nitrogens with zero attached hydrogens (tertiary/aromatic N) is 4. The van der Waals surface area contributed by atoms with Crippen LogP contribution in [0.25, 0.3) is 11.6 Å². The van der Waals surface area contributed by atoms with Crippen LogP contribution in [0.1, 0.15) is 71.4 Å². The molecule has 1 atom stereocenters. The van der Waals surface area contributed by atoms with Crippen LogP contribution < -0.4 is 4.90 Å². The van der Waals surface area contributed by atoms with Gasteiger partial charge in [-0.3, -0.25) is 0 Å². The summed E-state index contributed by atoms with van der Waals surface area (Å²) >= 11 is 3.29. The van der Waals surface area contributed by atoms with Gasteiger partial charge >= 0.3 is 18.4 Å². The third-order valence-electron chi connectivity index (χ3n) is 5.98. The second-order valence-electron chi connectivity index (χ2n) is 12.1. The standard InChI is InChI=1S/C31H36BrF3N4O6/c1-9-10-16-30(31(33,34)35,42-18-20-14-12-11-13-15-20)25-38-37-24(43-25)22-21(17-19(2)23(32)36-22)39(26(40)44-28(3,4)5)27(41)45-29(6,7)8/h9,11-15,17H,1,10,16,18H2,2-8H3. The smallest absolute Gasteiger partial charge is 0.426 e. The molecule has 0 aliphatic rings. The highest BCUT2D eigenvalue weighted by Crippen LogP contribution is 2.47. The zero-order valence-electron chi connectivity index (χ0n) is 26.1. The van der Waals surface area contributed by atoms with Gasteiger partial charge in [0.1, 0.15) is 15.8 Å². The first-order valence-electron chi connectivity index (χ1n) is 13.9. The molecule has 1 unspecified atom stereocenters. The molecule has 45 heavy (non-hydrogen) atoms. The first kappa shape index (κ1) is 35.7. The lowest BCUT2D eigenvalue weighted by Crippen LogP contribution is -2.45. The molecule has 2 amide bonds. The van der Waals surface area contributed by atoms with E-state index in [1.807, 2.05) is 0 Å². The molecular weight excluding hydrogens is 661 g/mol. The van der Waals surface area contributed by atoms with Crippen LogP contribution in [0, 0.1) is 6.92 Å². The lowest BCUT2D eigenvalue weighted by atomic mass is 9.96. The van der Waals surface area contributed by atoms with Crippen molar-refractivity contribution in [1.82, 2.24) is 15.2 Å². The first-order valence-corrected chi connectivity index (χ1v) is 14.7. The van der Waals surface area contributed by atoms with Crippen LogP contribution >= 0.6 is 15.9 Å². The van der Waals surface area contributed by atoms with Gasteiger partial charge in [0.25, 0.3) is 11.8 Å². The molecule has 0 fully saturated rings. The van der Waals surface area contributed by atoms with Gasteiger partial charge in [-0.25, -0.2) is 14.6 Å². The Hall–Kier alpha value is -3.78. The third-order valence-corrected chi connectivity index (χ3v) is 6.79. The number of alkyl halides is 3. The average Bonchev–Trinajstić information content (AvgIpc) is 3.39. The first-order chi connectivity index (χ1) is 20.8. The van der Waals surface area contributed by atoms with E-state index in [9.17, 15) is 22.8 Å². The molecule has 244 valence electrons. The topological polar surface area (TPSA) is 117 Å². The summed E-state index contributed by atoms with van der Waals surface area (Å²) in [6, 6.07) is 9.71. The largest absolute Gasteiger partial charge is 0.443 e. The van der Waals surface area contributed by atoms with Gasteiger partial charge in [-0.05, 0) is 94.4 Å². The number of carbonyl (C=O) groups excluding carboxylic acids is 2. The minimum Gasteiger partial charge on any atom is -0.443 e. The Balaban J connectivity index is 2.22. The van der Waals surface area contributed by atoms with Crippen LogP contribution in [0.5, 0.6) is 0 Å². The molecule has 0 N–H and O–H groups in total. The number of ether oxygens (including phenoxy) is 3. The number of halogens is 4. The van der Waals surface area contributed by atoms with Gasteiger partial charge in [-0.15, -0.1) is 16.8 Å². The maximum atomic E-state index is 14.9. The fourth-order valence-corrected chi connectivity index (χ4v) is 4.24.